The van der Waals surface area contributed by atoms with Crippen molar-refractivity contribution in [2.45, 2.75) is 45.6 Å². The Bertz CT molecular complexity index is 529. The predicted octanol–water partition coefficient (Wildman–Crippen LogP) is 2.88. The average molecular weight is 290 g/mol. The van der Waals surface area contributed by atoms with Gasteiger partial charge in [0.2, 0.25) is 5.91 Å². The first-order chi connectivity index (χ1) is 9.49. The SMILES string of the molecule is CCC(C)(C(=O)NC1CCCc2ccccc21)C(N)=S. The zero-order chi connectivity index (χ0) is 14.8. The van der Waals surface area contributed by atoms with Crippen LogP contribution in [0.3, 0.4) is 0 Å². The molecule has 0 saturated carbocycles. The van der Waals surface area contributed by atoms with Gasteiger partial charge < -0.3 is 11.1 Å². The fourth-order valence-corrected chi connectivity index (χ4v) is 2.91. The number of carbonyl (C=O) groups is 1. The van der Waals surface area contributed by atoms with Gasteiger partial charge in [0.05, 0.1) is 16.4 Å². The zero-order valence-corrected chi connectivity index (χ0v) is 12.9. The molecule has 0 fully saturated rings. The summed E-state index contributed by atoms with van der Waals surface area (Å²) in [6, 6.07) is 8.39. The third kappa shape index (κ3) is 2.70. The lowest BCUT2D eigenvalue weighted by Gasteiger charge is -2.31. The van der Waals surface area contributed by atoms with E-state index in [2.05, 4.69) is 17.4 Å². The van der Waals surface area contributed by atoms with Gasteiger partial charge in [-0.1, -0.05) is 43.4 Å². The standard InChI is InChI=1S/C16H22N2OS/c1-3-16(2,14(17)20)15(19)18-13-10-6-8-11-7-4-5-9-12(11)13/h4-5,7,9,13H,3,6,8,10H2,1-2H3,(H2,17,20)(H,18,19). The Morgan fingerprint density at radius 1 is 1.50 bits per heavy atom. The number of carbonyl (C=O) groups excluding carboxylic acids is 1. The number of benzene rings is 1. The van der Waals surface area contributed by atoms with Crippen LogP contribution < -0.4 is 11.1 Å². The van der Waals surface area contributed by atoms with Crippen LogP contribution in [0.4, 0.5) is 0 Å². The Morgan fingerprint density at radius 2 is 2.20 bits per heavy atom. The maximum Gasteiger partial charge on any atom is 0.233 e. The Hall–Kier alpha value is -1.42. The van der Waals surface area contributed by atoms with Crippen molar-refractivity contribution in [1.29, 1.82) is 0 Å². The van der Waals surface area contributed by atoms with Crippen molar-refractivity contribution < 1.29 is 4.79 Å². The lowest BCUT2D eigenvalue weighted by atomic mass is 9.83. The smallest absolute Gasteiger partial charge is 0.233 e. The van der Waals surface area contributed by atoms with E-state index in [1.54, 1.807) is 0 Å². The first-order valence-corrected chi connectivity index (χ1v) is 7.58. The van der Waals surface area contributed by atoms with E-state index in [-0.39, 0.29) is 16.9 Å². The van der Waals surface area contributed by atoms with Crippen molar-refractivity contribution in [2.75, 3.05) is 0 Å². The van der Waals surface area contributed by atoms with Crippen molar-refractivity contribution in [3.05, 3.63) is 35.4 Å². The Morgan fingerprint density at radius 3 is 2.85 bits per heavy atom. The minimum Gasteiger partial charge on any atom is -0.392 e. The molecule has 1 aliphatic rings. The van der Waals surface area contributed by atoms with Gasteiger partial charge >= 0.3 is 0 Å². The van der Waals surface area contributed by atoms with Gasteiger partial charge in [-0.2, -0.15) is 0 Å². The van der Waals surface area contributed by atoms with Crippen LogP contribution in [-0.2, 0) is 11.2 Å². The van der Waals surface area contributed by atoms with Crippen molar-refractivity contribution in [3.8, 4) is 0 Å². The van der Waals surface area contributed by atoms with Crippen LogP contribution in [0.25, 0.3) is 0 Å². The van der Waals surface area contributed by atoms with Gasteiger partial charge in [0.1, 0.15) is 0 Å². The monoisotopic (exact) mass is 290 g/mol. The largest absolute Gasteiger partial charge is 0.392 e. The molecule has 2 rings (SSSR count). The van der Waals surface area contributed by atoms with Gasteiger partial charge in [-0.05, 0) is 43.7 Å². The van der Waals surface area contributed by atoms with Gasteiger partial charge in [0.15, 0.2) is 0 Å². The molecule has 0 spiro atoms. The predicted molar refractivity (Wildman–Crippen MR) is 85.4 cm³/mol. The normalized spacial score (nSPS) is 20.6. The second-order valence-corrected chi connectivity index (χ2v) is 6.11. The highest BCUT2D eigenvalue weighted by atomic mass is 32.1. The quantitative estimate of drug-likeness (QED) is 0.838. The lowest BCUT2D eigenvalue weighted by Crippen LogP contribution is -2.48. The summed E-state index contributed by atoms with van der Waals surface area (Å²) in [6.07, 6.45) is 3.77. The molecule has 0 bridgehead atoms. The van der Waals surface area contributed by atoms with Crippen molar-refractivity contribution in [2.24, 2.45) is 11.1 Å². The molecule has 1 aliphatic carbocycles. The second-order valence-electron chi connectivity index (χ2n) is 5.67. The van der Waals surface area contributed by atoms with Gasteiger partial charge in [-0.3, -0.25) is 4.79 Å². The molecule has 3 N–H and O–H groups in total. The highest BCUT2D eigenvalue weighted by Gasteiger charge is 2.36. The number of fused-ring (bicyclic) bond motifs is 1. The fraction of sp³-hybridized carbons (Fsp3) is 0.500. The van der Waals surface area contributed by atoms with Crippen LogP contribution in [0.2, 0.25) is 0 Å². The molecule has 3 nitrogen and oxygen atoms in total. The number of rotatable bonds is 4. The summed E-state index contributed by atoms with van der Waals surface area (Å²) >= 11 is 5.07. The number of hydrogen-bond donors (Lipinski definition) is 2. The topological polar surface area (TPSA) is 55.1 Å². The highest BCUT2D eigenvalue weighted by molar-refractivity contribution is 7.80. The third-order valence-electron chi connectivity index (χ3n) is 4.43. The molecule has 1 amide bonds. The Kier molecular flexibility index (Phi) is 4.43. The van der Waals surface area contributed by atoms with E-state index in [1.807, 2.05) is 26.0 Å². The van der Waals surface area contributed by atoms with E-state index in [0.29, 0.717) is 6.42 Å². The van der Waals surface area contributed by atoms with Crippen LogP contribution >= 0.6 is 12.2 Å². The lowest BCUT2D eigenvalue weighted by molar-refractivity contribution is -0.127. The first kappa shape index (κ1) is 15.0. The minimum absolute atomic E-state index is 0.0609. The van der Waals surface area contributed by atoms with Crippen molar-refractivity contribution >= 4 is 23.1 Å². The van der Waals surface area contributed by atoms with Gasteiger partial charge in [-0.25, -0.2) is 0 Å². The average Bonchev–Trinajstić information content (AvgIpc) is 2.46. The van der Waals surface area contributed by atoms with Crippen LogP contribution in [0.15, 0.2) is 24.3 Å². The van der Waals surface area contributed by atoms with Crippen LogP contribution in [-0.4, -0.2) is 10.9 Å². The molecular formula is C16H22N2OS. The number of hydrogen-bond acceptors (Lipinski definition) is 2. The maximum absolute atomic E-state index is 12.5. The van der Waals surface area contributed by atoms with Crippen LogP contribution in [0.5, 0.6) is 0 Å². The summed E-state index contributed by atoms with van der Waals surface area (Å²) in [6.45, 7) is 3.76. The molecule has 1 aromatic rings. The number of aryl methyl sites for hydroxylation is 1. The molecule has 4 heteroatoms. The second kappa shape index (κ2) is 5.92. The van der Waals surface area contributed by atoms with E-state index >= 15 is 0 Å². The Balaban J connectivity index is 2.19. The molecule has 0 radical (unpaired) electrons. The first-order valence-electron chi connectivity index (χ1n) is 7.17. The van der Waals surface area contributed by atoms with E-state index in [0.717, 1.165) is 19.3 Å². The number of nitrogens with one attached hydrogen (secondary N) is 1. The molecule has 2 atom stereocenters. The molecule has 0 aromatic heterocycles. The summed E-state index contributed by atoms with van der Waals surface area (Å²) in [4.78, 5) is 12.8. The Labute approximate surface area is 125 Å². The van der Waals surface area contributed by atoms with Gasteiger partial charge in [0.25, 0.3) is 0 Å². The van der Waals surface area contributed by atoms with Gasteiger partial charge in [0, 0.05) is 0 Å². The minimum atomic E-state index is -0.762. The summed E-state index contributed by atoms with van der Waals surface area (Å²) in [5, 5.41) is 3.14. The highest BCUT2D eigenvalue weighted by Crippen LogP contribution is 2.31. The maximum atomic E-state index is 12.5. The summed E-state index contributed by atoms with van der Waals surface area (Å²) < 4.78 is 0. The molecule has 0 saturated heterocycles. The summed E-state index contributed by atoms with van der Waals surface area (Å²) in [5.41, 5.74) is 7.55. The third-order valence-corrected chi connectivity index (χ3v) is 4.88. The molecule has 20 heavy (non-hydrogen) atoms. The summed E-state index contributed by atoms with van der Waals surface area (Å²) in [7, 11) is 0. The molecule has 0 heterocycles. The molecule has 0 aliphatic heterocycles. The number of amides is 1. The molecule has 2 unspecified atom stereocenters. The number of nitrogens with two attached hydrogens (primary N) is 1. The van der Waals surface area contributed by atoms with E-state index in [4.69, 9.17) is 18.0 Å². The number of thiocarbonyl (C=S) groups is 1. The zero-order valence-electron chi connectivity index (χ0n) is 12.1. The van der Waals surface area contributed by atoms with Crippen LogP contribution in [0.1, 0.15) is 50.3 Å². The van der Waals surface area contributed by atoms with Crippen molar-refractivity contribution in [1.82, 2.24) is 5.32 Å². The van der Waals surface area contributed by atoms with E-state index in [1.165, 1.54) is 11.1 Å². The van der Waals surface area contributed by atoms with Gasteiger partial charge in [-0.15, -0.1) is 0 Å². The molecular weight excluding hydrogens is 268 g/mol. The molecule has 108 valence electrons. The van der Waals surface area contributed by atoms with E-state index in [9.17, 15) is 4.79 Å². The van der Waals surface area contributed by atoms with E-state index < -0.39 is 5.41 Å². The van der Waals surface area contributed by atoms with Crippen LogP contribution in [0, 0.1) is 5.41 Å². The fourth-order valence-electron chi connectivity index (χ4n) is 2.67. The van der Waals surface area contributed by atoms with Crippen molar-refractivity contribution in [3.63, 3.8) is 0 Å². The molecule has 1 aromatic carbocycles. The summed E-state index contributed by atoms with van der Waals surface area (Å²) in [5.74, 6) is -0.0609.